The number of carboxylic acids is 1. The van der Waals surface area contributed by atoms with Gasteiger partial charge in [-0.1, -0.05) is 55.5 Å². The summed E-state index contributed by atoms with van der Waals surface area (Å²) in [7, 11) is 0. The normalized spacial score (nSPS) is 11.2. The molecule has 2 rings (SSSR count). The molecule has 7 nitrogen and oxygen atoms in total. The molecule has 0 radical (unpaired) electrons. The summed E-state index contributed by atoms with van der Waals surface area (Å²) in [5, 5.41) is 18.9. The fourth-order valence-electron chi connectivity index (χ4n) is 2.19. The molecule has 25 heavy (non-hydrogen) atoms. The van der Waals surface area contributed by atoms with E-state index in [4.69, 9.17) is 5.11 Å². The van der Waals surface area contributed by atoms with Crippen LogP contribution in [0.4, 0.5) is 0 Å². The van der Waals surface area contributed by atoms with Gasteiger partial charge in [0.15, 0.2) is 0 Å². The van der Waals surface area contributed by atoms with Crippen LogP contribution in [0, 0.1) is 0 Å². The molecular formula is C18H22N4O3. The Balaban J connectivity index is 1.76. The fraction of sp³-hybridized carbons (Fsp3) is 0.333. The van der Waals surface area contributed by atoms with Crippen molar-refractivity contribution in [2.45, 2.75) is 39.3 Å². The minimum atomic E-state index is -0.993. The van der Waals surface area contributed by atoms with E-state index in [1.807, 2.05) is 18.2 Å². The molecule has 0 saturated carbocycles. The zero-order chi connectivity index (χ0) is 18.2. The summed E-state index contributed by atoms with van der Waals surface area (Å²) >= 11 is 0. The van der Waals surface area contributed by atoms with Gasteiger partial charge in [0.2, 0.25) is 5.91 Å². The van der Waals surface area contributed by atoms with E-state index in [-0.39, 0.29) is 25.4 Å². The second-order valence-corrected chi connectivity index (χ2v) is 6.01. The van der Waals surface area contributed by atoms with Gasteiger partial charge in [0, 0.05) is 6.42 Å². The third-order valence-corrected chi connectivity index (χ3v) is 3.57. The first kappa shape index (κ1) is 18.4. The molecule has 0 bridgehead atoms. The highest BCUT2D eigenvalue weighted by Gasteiger charge is 2.05. The lowest BCUT2D eigenvalue weighted by Crippen LogP contribution is -2.21. The summed E-state index contributed by atoms with van der Waals surface area (Å²) < 4.78 is 1.21. The van der Waals surface area contributed by atoms with Crippen molar-refractivity contribution < 1.29 is 14.7 Å². The first-order valence-corrected chi connectivity index (χ1v) is 8.08. The maximum absolute atomic E-state index is 11.8. The number of benzene rings is 1. The molecule has 0 unspecified atom stereocenters. The zero-order valence-electron chi connectivity index (χ0n) is 14.3. The highest BCUT2D eigenvalue weighted by Crippen LogP contribution is 2.15. The number of carbonyl (C=O) groups excluding carboxylic acids is 1. The Morgan fingerprint density at radius 1 is 1.28 bits per heavy atom. The van der Waals surface area contributed by atoms with Crippen LogP contribution in [0.1, 0.15) is 43.0 Å². The molecule has 1 aromatic carbocycles. The number of aliphatic carboxylic acids is 1. The van der Waals surface area contributed by atoms with Gasteiger partial charge in [0.05, 0.1) is 12.7 Å². The van der Waals surface area contributed by atoms with Crippen molar-refractivity contribution in [3.05, 3.63) is 53.4 Å². The van der Waals surface area contributed by atoms with E-state index in [1.54, 1.807) is 6.08 Å². The lowest BCUT2D eigenvalue weighted by Gasteiger charge is -2.04. The monoisotopic (exact) mass is 342 g/mol. The van der Waals surface area contributed by atoms with E-state index in [2.05, 4.69) is 41.6 Å². The number of hydrogen-bond acceptors (Lipinski definition) is 4. The molecule has 0 atom stereocenters. The lowest BCUT2D eigenvalue weighted by molar-refractivity contribution is -0.138. The molecule has 1 amide bonds. The molecule has 2 aromatic rings. The average molecular weight is 342 g/mol. The predicted molar refractivity (Wildman–Crippen MR) is 93.7 cm³/mol. The molecule has 0 aliphatic rings. The Morgan fingerprint density at radius 2 is 2.00 bits per heavy atom. The highest BCUT2D eigenvalue weighted by atomic mass is 16.4. The minimum Gasteiger partial charge on any atom is -0.480 e. The quantitative estimate of drug-likeness (QED) is 0.766. The Bertz CT molecular complexity index is 748. The molecule has 1 heterocycles. The van der Waals surface area contributed by atoms with Gasteiger partial charge >= 0.3 is 5.97 Å². The number of hydrogen-bond donors (Lipinski definition) is 2. The highest BCUT2D eigenvalue weighted by molar-refractivity contribution is 5.78. The molecule has 7 heteroatoms. The van der Waals surface area contributed by atoms with Gasteiger partial charge in [0.1, 0.15) is 12.2 Å². The van der Waals surface area contributed by atoms with Gasteiger partial charge in [-0.3, -0.25) is 9.59 Å². The maximum atomic E-state index is 11.8. The van der Waals surface area contributed by atoms with Crippen LogP contribution in [0.5, 0.6) is 0 Å². The minimum absolute atomic E-state index is 0.136. The topological polar surface area (TPSA) is 97.1 Å². The Labute approximate surface area is 146 Å². The van der Waals surface area contributed by atoms with E-state index in [1.165, 1.54) is 16.4 Å². The van der Waals surface area contributed by atoms with Crippen LogP contribution in [0.15, 0.2) is 36.5 Å². The third kappa shape index (κ3) is 6.21. The van der Waals surface area contributed by atoms with Gasteiger partial charge in [-0.15, -0.1) is 5.10 Å². The molecule has 0 fully saturated rings. The van der Waals surface area contributed by atoms with E-state index >= 15 is 0 Å². The van der Waals surface area contributed by atoms with Crippen LogP contribution < -0.4 is 5.32 Å². The van der Waals surface area contributed by atoms with Gasteiger partial charge in [0.25, 0.3) is 0 Å². The van der Waals surface area contributed by atoms with Crippen LogP contribution in [0.2, 0.25) is 0 Å². The molecule has 132 valence electrons. The second-order valence-electron chi connectivity index (χ2n) is 6.01. The molecule has 0 aliphatic heterocycles. The van der Waals surface area contributed by atoms with Crippen LogP contribution in [-0.2, 0) is 22.7 Å². The van der Waals surface area contributed by atoms with E-state index in [9.17, 15) is 9.59 Å². The standard InChI is InChI=1S/C18H22N4O3/c1-13(2)15-8-6-14(7-9-15)4-3-5-17(23)19-10-16-11-22(21-20-16)12-18(24)25/h3-4,6-9,11,13H,5,10,12H2,1-2H3,(H,19,23)(H,24,25)/b4-3+. The summed E-state index contributed by atoms with van der Waals surface area (Å²) in [6, 6.07) is 8.24. The molecule has 0 aliphatic carbocycles. The third-order valence-electron chi connectivity index (χ3n) is 3.57. The Kier molecular flexibility index (Phi) is 6.45. The molecular weight excluding hydrogens is 320 g/mol. The van der Waals surface area contributed by atoms with Gasteiger partial charge in [-0.2, -0.15) is 0 Å². The number of carboxylic acid groups (broad SMARTS) is 1. The summed E-state index contributed by atoms with van der Waals surface area (Å²) in [5.74, 6) is -0.632. The smallest absolute Gasteiger partial charge is 0.325 e. The SMILES string of the molecule is CC(C)c1ccc(/C=C/CC(=O)NCc2cn(CC(=O)O)nn2)cc1. The number of carbonyl (C=O) groups is 2. The van der Waals surface area contributed by atoms with Crippen molar-refractivity contribution in [1.82, 2.24) is 20.3 Å². The molecule has 2 N–H and O–H groups in total. The molecule has 1 aromatic heterocycles. The van der Waals surface area contributed by atoms with Gasteiger partial charge < -0.3 is 10.4 Å². The first-order valence-electron chi connectivity index (χ1n) is 8.08. The summed E-state index contributed by atoms with van der Waals surface area (Å²) in [6.45, 7) is 4.26. The average Bonchev–Trinajstić information content (AvgIpc) is 3.00. The Morgan fingerprint density at radius 3 is 2.64 bits per heavy atom. The van der Waals surface area contributed by atoms with E-state index in [0.717, 1.165) is 5.56 Å². The van der Waals surface area contributed by atoms with Crippen molar-refractivity contribution in [2.24, 2.45) is 0 Å². The predicted octanol–water partition coefficient (Wildman–Crippen LogP) is 2.21. The van der Waals surface area contributed by atoms with Gasteiger partial charge in [-0.05, 0) is 17.0 Å². The Hall–Kier alpha value is -2.96. The van der Waals surface area contributed by atoms with E-state index < -0.39 is 5.97 Å². The van der Waals surface area contributed by atoms with Crippen molar-refractivity contribution >= 4 is 18.0 Å². The number of aromatic nitrogens is 3. The maximum Gasteiger partial charge on any atom is 0.325 e. The number of nitrogens with zero attached hydrogens (tertiary/aromatic N) is 3. The van der Waals surface area contributed by atoms with E-state index in [0.29, 0.717) is 11.6 Å². The van der Waals surface area contributed by atoms with Crippen LogP contribution in [0.25, 0.3) is 6.08 Å². The van der Waals surface area contributed by atoms with Crippen LogP contribution >= 0.6 is 0 Å². The number of rotatable bonds is 8. The van der Waals surface area contributed by atoms with Gasteiger partial charge in [-0.25, -0.2) is 4.68 Å². The van der Waals surface area contributed by atoms with Crippen molar-refractivity contribution in [1.29, 1.82) is 0 Å². The summed E-state index contributed by atoms with van der Waals surface area (Å²) in [4.78, 5) is 22.4. The lowest BCUT2D eigenvalue weighted by atomic mass is 10.0. The van der Waals surface area contributed by atoms with Crippen LogP contribution in [0.3, 0.4) is 0 Å². The number of nitrogens with one attached hydrogen (secondary N) is 1. The molecule has 0 saturated heterocycles. The fourth-order valence-corrected chi connectivity index (χ4v) is 2.19. The van der Waals surface area contributed by atoms with Crippen molar-refractivity contribution in [3.8, 4) is 0 Å². The van der Waals surface area contributed by atoms with Crippen molar-refractivity contribution in [2.75, 3.05) is 0 Å². The summed E-state index contributed by atoms with van der Waals surface area (Å²) in [5.41, 5.74) is 2.85. The first-order chi connectivity index (χ1) is 11.9. The largest absolute Gasteiger partial charge is 0.480 e. The summed E-state index contributed by atoms with van der Waals surface area (Å²) in [6.07, 6.45) is 5.48. The van der Waals surface area contributed by atoms with Crippen molar-refractivity contribution in [3.63, 3.8) is 0 Å². The zero-order valence-corrected chi connectivity index (χ0v) is 14.3. The van der Waals surface area contributed by atoms with Crippen LogP contribution in [-0.4, -0.2) is 32.0 Å². The number of amides is 1. The second kappa shape index (κ2) is 8.77. The molecule has 0 spiro atoms.